The summed E-state index contributed by atoms with van der Waals surface area (Å²) in [5.74, 6) is -1.75. The highest BCUT2D eigenvalue weighted by Crippen LogP contribution is 2.30. The van der Waals surface area contributed by atoms with Crippen molar-refractivity contribution in [3.05, 3.63) is 64.0 Å². The van der Waals surface area contributed by atoms with Crippen LogP contribution in [0.15, 0.2) is 46.0 Å². The van der Waals surface area contributed by atoms with Crippen molar-refractivity contribution in [2.75, 3.05) is 0 Å². The highest BCUT2D eigenvalue weighted by molar-refractivity contribution is 5.79. The van der Waals surface area contributed by atoms with Gasteiger partial charge in [0.1, 0.15) is 0 Å². The van der Waals surface area contributed by atoms with E-state index in [4.69, 9.17) is 0 Å². The molecule has 0 aliphatic heterocycles. The lowest BCUT2D eigenvalue weighted by Crippen LogP contribution is -2.14. The number of benzene rings is 1. The first kappa shape index (κ1) is 17.0. The number of halogens is 3. The van der Waals surface area contributed by atoms with Crippen LogP contribution in [0, 0.1) is 0 Å². The smallest absolute Gasteiger partial charge is 0.329 e. The van der Waals surface area contributed by atoms with Crippen molar-refractivity contribution >= 4 is 10.9 Å². The van der Waals surface area contributed by atoms with Gasteiger partial charge >= 0.3 is 12.1 Å². The molecule has 10 heteroatoms. The molecule has 0 saturated carbocycles. The average Bonchev–Trinajstić information content (AvgIpc) is 3.24. The van der Waals surface area contributed by atoms with Gasteiger partial charge in [0.15, 0.2) is 0 Å². The number of pyridine rings is 1. The maximum Gasteiger partial charge on any atom is 0.471 e. The zero-order valence-corrected chi connectivity index (χ0v) is 13.9. The molecule has 138 valence electrons. The number of alkyl halides is 3. The van der Waals surface area contributed by atoms with Crippen molar-refractivity contribution in [3.8, 4) is 11.4 Å². The number of aromatic nitrogens is 5. The van der Waals surface area contributed by atoms with Gasteiger partial charge in [0.05, 0.1) is 11.7 Å². The lowest BCUT2D eigenvalue weighted by atomic mass is 10.0. The third-order valence-corrected chi connectivity index (χ3v) is 4.17. The Hall–Kier alpha value is -3.43. The van der Waals surface area contributed by atoms with E-state index in [1.54, 1.807) is 17.9 Å². The summed E-state index contributed by atoms with van der Waals surface area (Å²) >= 11 is 0. The Labute approximate surface area is 149 Å². The summed E-state index contributed by atoms with van der Waals surface area (Å²) in [6, 6.07) is 7.02. The van der Waals surface area contributed by atoms with E-state index in [0.29, 0.717) is 0 Å². The standard InChI is InChI=1S/C17H12F3N5O2/c1-25-13-7-9(2-3-10(13)8-22-25)6-12-11(4-5-21-15(12)26)14-23-16(27-24-14)17(18,19)20/h2-5,7-8H,6H2,1H3,(H,21,26). The van der Waals surface area contributed by atoms with Crippen LogP contribution in [0.5, 0.6) is 0 Å². The fourth-order valence-electron chi connectivity index (χ4n) is 2.85. The Bertz CT molecular complexity index is 1190. The van der Waals surface area contributed by atoms with E-state index in [-0.39, 0.29) is 23.4 Å². The lowest BCUT2D eigenvalue weighted by molar-refractivity contribution is -0.159. The van der Waals surface area contributed by atoms with Crippen molar-refractivity contribution < 1.29 is 17.7 Å². The Morgan fingerprint density at radius 3 is 2.81 bits per heavy atom. The second-order valence-corrected chi connectivity index (χ2v) is 5.96. The van der Waals surface area contributed by atoms with Gasteiger partial charge in [-0.15, -0.1) is 0 Å². The van der Waals surface area contributed by atoms with Gasteiger partial charge in [-0.1, -0.05) is 17.3 Å². The monoisotopic (exact) mass is 375 g/mol. The molecule has 0 unspecified atom stereocenters. The Kier molecular flexibility index (Phi) is 3.83. The maximum atomic E-state index is 12.7. The normalized spacial score (nSPS) is 12.0. The predicted octanol–water partition coefficient (Wildman–Crippen LogP) is 2.92. The Balaban J connectivity index is 1.77. The minimum atomic E-state index is -4.75. The largest absolute Gasteiger partial charge is 0.471 e. The van der Waals surface area contributed by atoms with E-state index in [2.05, 4.69) is 24.7 Å². The zero-order valence-electron chi connectivity index (χ0n) is 13.9. The van der Waals surface area contributed by atoms with Crippen molar-refractivity contribution in [2.24, 2.45) is 7.05 Å². The van der Waals surface area contributed by atoms with Crippen LogP contribution in [0.3, 0.4) is 0 Å². The van der Waals surface area contributed by atoms with Crippen molar-refractivity contribution in [3.63, 3.8) is 0 Å². The van der Waals surface area contributed by atoms with E-state index >= 15 is 0 Å². The number of rotatable bonds is 3. The van der Waals surface area contributed by atoms with Crippen LogP contribution in [-0.2, 0) is 19.6 Å². The molecule has 7 nitrogen and oxygen atoms in total. The quantitative estimate of drug-likeness (QED) is 0.595. The Morgan fingerprint density at radius 1 is 1.26 bits per heavy atom. The van der Waals surface area contributed by atoms with E-state index in [1.807, 2.05) is 18.2 Å². The van der Waals surface area contributed by atoms with E-state index in [0.717, 1.165) is 16.5 Å². The van der Waals surface area contributed by atoms with Crippen LogP contribution in [0.2, 0.25) is 0 Å². The van der Waals surface area contributed by atoms with Crippen LogP contribution in [-0.4, -0.2) is 24.9 Å². The molecule has 3 heterocycles. The molecule has 0 bridgehead atoms. The van der Waals surface area contributed by atoms with Crippen molar-refractivity contribution in [2.45, 2.75) is 12.6 Å². The third-order valence-electron chi connectivity index (χ3n) is 4.17. The SMILES string of the molecule is Cn1ncc2ccc(Cc3c(-c4noc(C(F)(F)F)n4)cc[nH]c3=O)cc21. The van der Waals surface area contributed by atoms with Gasteiger partial charge in [-0.2, -0.15) is 23.3 Å². The van der Waals surface area contributed by atoms with Crippen LogP contribution >= 0.6 is 0 Å². The summed E-state index contributed by atoms with van der Waals surface area (Å²) < 4.78 is 44.2. The second kappa shape index (κ2) is 6.08. The number of H-pyrrole nitrogens is 1. The second-order valence-electron chi connectivity index (χ2n) is 5.96. The molecule has 0 fully saturated rings. The summed E-state index contributed by atoms with van der Waals surface area (Å²) in [7, 11) is 1.80. The van der Waals surface area contributed by atoms with Gasteiger partial charge in [-0.25, -0.2) is 0 Å². The molecule has 4 rings (SSSR count). The first-order valence-electron chi connectivity index (χ1n) is 7.85. The molecule has 0 radical (unpaired) electrons. The molecule has 0 aliphatic rings. The average molecular weight is 375 g/mol. The topological polar surface area (TPSA) is 89.6 Å². The minimum Gasteiger partial charge on any atom is -0.329 e. The maximum absolute atomic E-state index is 12.7. The predicted molar refractivity (Wildman–Crippen MR) is 88.9 cm³/mol. The molecule has 0 atom stereocenters. The molecule has 27 heavy (non-hydrogen) atoms. The number of fused-ring (bicyclic) bond motifs is 1. The molecule has 1 N–H and O–H groups in total. The minimum absolute atomic E-state index is 0.183. The van der Waals surface area contributed by atoms with Gasteiger partial charge in [0.25, 0.3) is 5.56 Å². The number of aromatic amines is 1. The van der Waals surface area contributed by atoms with E-state index in [9.17, 15) is 18.0 Å². The fourth-order valence-corrected chi connectivity index (χ4v) is 2.85. The lowest BCUT2D eigenvalue weighted by Gasteiger charge is -2.06. The molecule has 0 saturated heterocycles. The van der Waals surface area contributed by atoms with Gasteiger partial charge in [0, 0.05) is 36.2 Å². The highest BCUT2D eigenvalue weighted by Gasteiger charge is 2.38. The van der Waals surface area contributed by atoms with Crippen molar-refractivity contribution in [1.82, 2.24) is 24.9 Å². The van der Waals surface area contributed by atoms with Crippen LogP contribution in [0.25, 0.3) is 22.3 Å². The molecule has 3 aromatic heterocycles. The zero-order chi connectivity index (χ0) is 19.2. The Morgan fingerprint density at radius 2 is 2.07 bits per heavy atom. The van der Waals surface area contributed by atoms with Gasteiger partial charge < -0.3 is 9.51 Å². The molecular formula is C17H12F3N5O2. The summed E-state index contributed by atoms with van der Waals surface area (Å²) in [4.78, 5) is 18.2. The molecule has 0 spiro atoms. The van der Waals surface area contributed by atoms with Gasteiger partial charge in [-0.3, -0.25) is 9.48 Å². The van der Waals surface area contributed by atoms with Crippen LogP contribution in [0.1, 0.15) is 17.0 Å². The number of nitrogens with one attached hydrogen (secondary N) is 1. The number of aryl methyl sites for hydroxylation is 1. The van der Waals surface area contributed by atoms with Gasteiger partial charge in [0.2, 0.25) is 5.82 Å². The van der Waals surface area contributed by atoms with Crippen LogP contribution < -0.4 is 5.56 Å². The number of hydrogen-bond donors (Lipinski definition) is 1. The summed E-state index contributed by atoms with van der Waals surface area (Å²) in [6.07, 6.45) is -1.52. The highest BCUT2D eigenvalue weighted by atomic mass is 19.4. The molecule has 1 aromatic carbocycles. The molecule has 0 amide bonds. The number of nitrogens with zero attached hydrogens (tertiary/aromatic N) is 4. The summed E-state index contributed by atoms with van der Waals surface area (Å²) in [5.41, 5.74) is 1.66. The molecular weight excluding hydrogens is 363 g/mol. The molecule has 0 aliphatic carbocycles. The van der Waals surface area contributed by atoms with E-state index in [1.165, 1.54) is 12.3 Å². The van der Waals surface area contributed by atoms with Gasteiger partial charge in [-0.05, 0) is 17.7 Å². The molecule has 4 aromatic rings. The fraction of sp³-hybridized carbons (Fsp3) is 0.176. The van der Waals surface area contributed by atoms with Crippen LogP contribution in [0.4, 0.5) is 13.2 Å². The summed E-state index contributed by atoms with van der Waals surface area (Å²) in [5, 5.41) is 8.48. The first-order chi connectivity index (χ1) is 12.8. The first-order valence-corrected chi connectivity index (χ1v) is 7.85. The van der Waals surface area contributed by atoms with Crippen molar-refractivity contribution in [1.29, 1.82) is 0 Å². The third kappa shape index (κ3) is 3.09. The number of hydrogen-bond acceptors (Lipinski definition) is 5. The van der Waals surface area contributed by atoms with E-state index < -0.39 is 17.6 Å². The summed E-state index contributed by atoms with van der Waals surface area (Å²) in [6.45, 7) is 0.